The lowest BCUT2D eigenvalue weighted by molar-refractivity contribution is 0.307. The number of hydrogen-bond donors (Lipinski definition) is 1. The molecule has 118 valence electrons. The first-order valence-corrected chi connectivity index (χ1v) is 7.37. The summed E-state index contributed by atoms with van der Waals surface area (Å²) < 4.78 is 16.2. The molecule has 1 aliphatic rings. The molecule has 0 spiro atoms. The molecule has 5 nitrogen and oxygen atoms in total. The molecule has 1 atom stereocenters. The Bertz CT molecular complexity index is 440. The van der Waals surface area contributed by atoms with Gasteiger partial charge in [-0.05, 0) is 50.2 Å². The summed E-state index contributed by atoms with van der Waals surface area (Å²) in [4.78, 5) is 2.47. The predicted molar refractivity (Wildman–Crippen MR) is 83.4 cm³/mol. The Kier molecular flexibility index (Phi) is 5.70. The van der Waals surface area contributed by atoms with Crippen LogP contribution in [0.4, 0.5) is 0 Å². The number of nitrogens with one attached hydrogen (secondary N) is 1. The van der Waals surface area contributed by atoms with Crippen molar-refractivity contribution in [2.45, 2.75) is 13.0 Å². The zero-order chi connectivity index (χ0) is 15.2. The van der Waals surface area contributed by atoms with Crippen LogP contribution in [0.5, 0.6) is 17.2 Å². The Labute approximate surface area is 127 Å². The number of likely N-dealkylation sites (tertiary alicyclic amines) is 1. The molecular weight excluding hydrogens is 268 g/mol. The summed E-state index contributed by atoms with van der Waals surface area (Å²) in [7, 11) is 6.95. The monoisotopic (exact) mass is 294 g/mol. The van der Waals surface area contributed by atoms with E-state index in [-0.39, 0.29) is 0 Å². The van der Waals surface area contributed by atoms with Crippen LogP contribution in [0.3, 0.4) is 0 Å². The number of methoxy groups -OCH3 is 3. The first-order chi connectivity index (χ1) is 10.2. The molecule has 5 heteroatoms. The standard InChI is InChI=1S/C16H26N2O3/c1-17-9-12-5-6-18(10-12)11-13-7-14(19-2)16(21-4)15(8-13)20-3/h7-8,12,17H,5-6,9-11H2,1-4H3. The maximum Gasteiger partial charge on any atom is 0.203 e. The van der Waals surface area contributed by atoms with Crippen LogP contribution >= 0.6 is 0 Å². The molecule has 0 bridgehead atoms. The third-order valence-electron chi connectivity index (χ3n) is 3.99. The molecule has 21 heavy (non-hydrogen) atoms. The fourth-order valence-electron chi connectivity index (χ4n) is 3.00. The van der Waals surface area contributed by atoms with Gasteiger partial charge in [0, 0.05) is 13.1 Å². The van der Waals surface area contributed by atoms with E-state index in [1.54, 1.807) is 21.3 Å². The molecule has 0 saturated carbocycles. The summed E-state index contributed by atoms with van der Waals surface area (Å²) in [5.41, 5.74) is 1.19. The summed E-state index contributed by atoms with van der Waals surface area (Å²) in [5.74, 6) is 2.84. The third kappa shape index (κ3) is 3.80. The molecule has 1 N–H and O–H groups in total. The minimum absolute atomic E-state index is 0.651. The van der Waals surface area contributed by atoms with Crippen molar-refractivity contribution in [3.8, 4) is 17.2 Å². The second-order valence-corrected chi connectivity index (χ2v) is 5.48. The first-order valence-electron chi connectivity index (χ1n) is 7.37. The van der Waals surface area contributed by atoms with Crippen LogP contribution in [0, 0.1) is 5.92 Å². The van der Waals surface area contributed by atoms with Gasteiger partial charge in [-0.15, -0.1) is 0 Å². The Morgan fingerprint density at radius 2 is 1.81 bits per heavy atom. The highest BCUT2D eigenvalue weighted by Crippen LogP contribution is 2.38. The van der Waals surface area contributed by atoms with E-state index in [1.807, 2.05) is 19.2 Å². The van der Waals surface area contributed by atoms with Gasteiger partial charge in [-0.3, -0.25) is 4.90 Å². The van der Waals surface area contributed by atoms with Crippen molar-refractivity contribution >= 4 is 0 Å². The molecule has 1 saturated heterocycles. The summed E-state index contributed by atoms with van der Waals surface area (Å²) in [6.45, 7) is 4.28. The molecule has 1 aromatic rings. The summed E-state index contributed by atoms with van der Waals surface area (Å²) in [6.07, 6.45) is 1.26. The van der Waals surface area contributed by atoms with Crippen molar-refractivity contribution in [1.82, 2.24) is 10.2 Å². The third-order valence-corrected chi connectivity index (χ3v) is 3.99. The molecule has 1 unspecified atom stereocenters. The highest BCUT2D eigenvalue weighted by atomic mass is 16.5. The van der Waals surface area contributed by atoms with Crippen molar-refractivity contribution < 1.29 is 14.2 Å². The Morgan fingerprint density at radius 3 is 2.33 bits per heavy atom. The average molecular weight is 294 g/mol. The highest BCUT2D eigenvalue weighted by molar-refractivity contribution is 5.53. The Hall–Kier alpha value is -1.46. The quantitative estimate of drug-likeness (QED) is 0.830. The Morgan fingerprint density at radius 1 is 1.14 bits per heavy atom. The largest absolute Gasteiger partial charge is 0.493 e. The molecular formula is C16H26N2O3. The minimum atomic E-state index is 0.651. The molecule has 0 aromatic heterocycles. The van der Waals surface area contributed by atoms with Crippen LogP contribution in [0.1, 0.15) is 12.0 Å². The van der Waals surface area contributed by atoms with Gasteiger partial charge in [-0.25, -0.2) is 0 Å². The van der Waals surface area contributed by atoms with E-state index < -0.39 is 0 Å². The van der Waals surface area contributed by atoms with Crippen molar-refractivity contribution in [2.75, 3.05) is 48.0 Å². The SMILES string of the molecule is CNCC1CCN(Cc2cc(OC)c(OC)c(OC)c2)C1. The molecule has 1 aromatic carbocycles. The maximum absolute atomic E-state index is 5.41. The topological polar surface area (TPSA) is 43.0 Å². The van der Waals surface area contributed by atoms with Crippen LogP contribution in [0.15, 0.2) is 12.1 Å². The van der Waals surface area contributed by atoms with Gasteiger partial charge in [0.05, 0.1) is 21.3 Å². The number of benzene rings is 1. The zero-order valence-electron chi connectivity index (χ0n) is 13.4. The van der Waals surface area contributed by atoms with Gasteiger partial charge in [-0.1, -0.05) is 0 Å². The molecule has 0 radical (unpaired) electrons. The summed E-state index contributed by atoms with van der Waals surface area (Å²) >= 11 is 0. The molecule has 1 aliphatic heterocycles. The summed E-state index contributed by atoms with van der Waals surface area (Å²) in [5, 5.41) is 3.26. The highest BCUT2D eigenvalue weighted by Gasteiger charge is 2.22. The van der Waals surface area contributed by atoms with E-state index in [4.69, 9.17) is 14.2 Å². The lowest BCUT2D eigenvalue weighted by atomic mass is 10.1. The van der Waals surface area contributed by atoms with E-state index in [0.29, 0.717) is 5.75 Å². The zero-order valence-corrected chi connectivity index (χ0v) is 13.4. The van der Waals surface area contributed by atoms with E-state index in [0.717, 1.165) is 43.6 Å². The summed E-state index contributed by atoms with van der Waals surface area (Å²) in [6, 6.07) is 4.07. The van der Waals surface area contributed by atoms with Crippen LogP contribution < -0.4 is 19.5 Å². The molecule has 2 rings (SSSR count). The molecule has 0 amide bonds. The van der Waals surface area contributed by atoms with Gasteiger partial charge in [0.1, 0.15) is 0 Å². The molecule has 1 fully saturated rings. The number of rotatable bonds is 7. The van der Waals surface area contributed by atoms with Gasteiger partial charge in [0.25, 0.3) is 0 Å². The smallest absolute Gasteiger partial charge is 0.203 e. The van der Waals surface area contributed by atoms with Crippen molar-refractivity contribution in [3.63, 3.8) is 0 Å². The second-order valence-electron chi connectivity index (χ2n) is 5.48. The van der Waals surface area contributed by atoms with Gasteiger partial charge in [-0.2, -0.15) is 0 Å². The Balaban J connectivity index is 2.10. The van der Waals surface area contributed by atoms with Gasteiger partial charge < -0.3 is 19.5 Å². The van der Waals surface area contributed by atoms with Crippen molar-refractivity contribution in [3.05, 3.63) is 17.7 Å². The van der Waals surface area contributed by atoms with Crippen LogP contribution in [0.25, 0.3) is 0 Å². The van der Waals surface area contributed by atoms with Gasteiger partial charge in [0.15, 0.2) is 11.5 Å². The first kappa shape index (κ1) is 15.9. The van der Waals surface area contributed by atoms with E-state index in [2.05, 4.69) is 10.2 Å². The normalized spacial score (nSPS) is 18.8. The minimum Gasteiger partial charge on any atom is -0.493 e. The van der Waals surface area contributed by atoms with E-state index in [1.165, 1.54) is 12.0 Å². The van der Waals surface area contributed by atoms with Crippen molar-refractivity contribution in [1.29, 1.82) is 0 Å². The van der Waals surface area contributed by atoms with Crippen molar-refractivity contribution in [2.24, 2.45) is 5.92 Å². The lowest BCUT2D eigenvalue weighted by Crippen LogP contribution is -2.24. The predicted octanol–water partition coefficient (Wildman–Crippen LogP) is 1.75. The van der Waals surface area contributed by atoms with Crippen LogP contribution in [-0.4, -0.2) is 52.9 Å². The van der Waals surface area contributed by atoms with Gasteiger partial charge in [0.2, 0.25) is 5.75 Å². The average Bonchev–Trinajstić information content (AvgIpc) is 2.93. The van der Waals surface area contributed by atoms with Crippen LogP contribution in [-0.2, 0) is 6.54 Å². The van der Waals surface area contributed by atoms with E-state index >= 15 is 0 Å². The lowest BCUT2D eigenvalue weighted by Gasteiger charge is -2.19. The van der Waals surface area contributed by atoms with E-state index in [9.17, 15) is 0 Å². The van der Waals surface area contributed by atoms with Gasteiger partial charge >= 0.3 is 0 Å². The number of ether oxygens (including phenoxy) is 3. The van der Waals surface area contributed by atoms with Crippen LogP contribution in [0.2, 0.25) is 0 Å². The fourth-order valence-corrected chi connectivity index (χ4v) is 3.00. The molecule has 1 heterocycles. The second kappa shape index (κ2) is 7.52. The maximum atomic E-state index is 5.41. The molecule has 0 aliphatic carbocycles. The fraction of sp³-hybridized carbons (Fsp3) is 0.625. The number of hydrogen-bond acceptors (Lipinski definition) is 5. The number of nitrogens with zero attached hydrogens (tertiary/aromatic N) is 1.